The van der Waals surface area contributed by atoms with Crippen LogP contribution in [0.5, 0.6) is 0 Å². The van der Waals surface area contributed by atoms with E-state index in [1.54, 1.807) is 0 Å². The first-order valence-electron chi connectivity index (χ1n) is 4.32. The van der Waals surface area contributed by atoms with E-state index in [1.165, 1.54) is 0 Å². The Balaban J connectivity index is 2.20. The van der Waals surface area contributed by atoms with Crippen LogP contribution < -0.4 is 10.6 Å². The van der Waals surface area contributed by atoms with Crippen LogP contribution in [0.3, 0.4) is 0 Å². The fourth-order valence-corrected chi connectivity index (χ4v) is 2.03. The normalized spacial score (nSPS) is 27.0. The van der Waals surface area contributed by atoms with Crippen LogP contribution in [0.25, 0.3) is 0 Å². The summed E-state index contributed by atoms with van der Waals surface area (Å²) in [5.41, 5.74) is -0.546. The van der Waals surface area contributed by atoms with Crippen molar-refractivity contribution >= 4 is 11.8 Å². The highest BCUT2D eigenvalue weighted by Crippen LogP contribution is 2.30. The van der Waals surface area contributed by atoms with Crippen molar-refractivity contribution in [3.05, 3.63) is 0 Å². The Bertz CT molecular complexity index is 231. The molecule has 2 fully saturated rings. The zero-order valence-electron chi connectivity index (χ0n) is 6.85. The third kappa shape index (κ3) is 0.983. The van der Waals surface area contributed by atoms with Crippen LogP contribution in [0.1, 0.15) is 25.7 Å². The van der Waals surface area contributed by atoms with Gasteiger partial charge < -0.3 is 10.6 Å². The molecule has 66 valence electrons. The summed E-state index contributed by atoms with van der Waals surface area (Å²) in [6.07, 6.45) is 3.66. The van der Waals surface area contributed by atoms with Gasteiger partial charge in [-0.2, -0.15) is 0 Å². The van der Waals surface area contributed by atoms with E-state index >= 15 is 0 Å². The van der Waals surface area contributed by atoms with E-state index < -0.39 is 5.54 Å². The smallest absolute Gasteiger partial charge is 0.246 e. The lowest BCUT2D eigenvalue weighted by molar-refractivity contribution is -0.138. The molecule has 1 aliphatic carbocycles. The minimum Gasteiger partial charge on any atom is -0.345 e. The topological polar surface area (TPSA) is 58.2 Å². The van der Waals surface area contributed by atoms with Gasteiger partial charge in [-0.25, -0.2) is 0 Å². The lowest BCUT2D eigenvalue weighted by Gasteiger charge is -2.32. The van der Waals surface area contributed by atoms with E-state index in [4.69, 9.17) is 0 Å². The molecule has 0 bridgehead atoms. The lowest BCUT2D eigenvalue weighted by Crippen LogP contribution is -2.64. The Morgan fingerprint density at radius 2 is 1.83 bits per heavy atom. The molecular formula is C8H12N2O2. The predicted octanol–water partition coefficient (Wildman–Crippen LogP) is -0.455. The molecule has 0 radical (unpaired) electrons. The average molecular weight is 168 g/mol. The fraction of sp³-hybridized carbons (Fsp3) is 0.750. The van der Waals surface area contributed by atoms with Crippen molar-refractivity contribution in [2.45, 2.75) is 31.2 Å². The van der Waals surface area contributed by atoms with Gasteiger partial charge in [-0.3, -0.25) is 9.59 Å². The van der Waals surface area contributed by atoms with Crippen LogP contribution in [0.4, 0.5) is 0 Å². The number of carbonyl (C=O) groups excluding carboxylic acids is 2. The Morgan fingerprint density at radius 1 is 1.17 bits per heavy atom. The molecule has 4 nitrogen and oxygen atoms in total. The summed E-state index contributed by atoms with van der Waals surface area (Å²) < 4.78 is 0. The molecule has 1 spiro atoms. The lowest BCUT2D eigenvalue weighted by atomic mass is 9.94. The molecule has 2 amide bonds. The molecule has 0 atom stereocenters. The Kier molecular flexibility index (Phi) is 1.56. The molecule has 12 heavy (non-hydrogen) atoms. The third-order valence-corrected chi connectivity index (χ3v) is 2.68. The van der Waals surface area contributed by atoms with Gasteiger partial charge in [0.25, 0.3) is 0 Å². The number of piperazine rings is 1. The van der Waals surface area contributed by atoms with Gasteiger partial charge in [0.15, 0.2) is 0 Å². The van der Waals surface area contributed by atoms with Gasteiger partial charge in [-0.1, -0.05) is 12.8 Å². The molecule has 1 aliphatic heterocycles. The zero-order chi connectivity index (χ0) is 8.60. The van der Waals surface area contributed by atoms with Crippen molar-refractivity contribution in [2.24, 2.45) is 0 Å². The number of carbonyl (C=O) groups is 2. The summed E-state index contributed by atoms with van der Waals surface area (Å²) in [7, 11) is 0. The van der Waals surface area contributed by atoms with Crippen molar-refractivity contribution in [1.82, 2.24) is 10.6 Å². The van der Waals surface area contributed by atoms with E-state index in [2.05, 4.69) is 10.6 Å². The van der Waals surface area contributed by atoms with Gasteiger partial charge in [-0.05, 0) is 12.8 Å². The van der Waals surface area contributed by atoms with Crippen molar-refractivity contribution < 1.29 is 9.59 Å². The maximum Gasteiger partial charge on any atom is 0.246 e. The summed E-state index contributed by atoms with van der Waals surface area (Å²) in [6.45, 7) is 0.139. The third-order valence-electron chi connectivity index (χ3n) is 2.68. The minimum absolute atomic E-state index is 0.000370. The summed E-state index contributed by atoms with van der Waals surface area (Å²) in [5.74, 6) is -0.0592. The van der Waals surface area contributed by atoms with Crippen molar-refractivity contribution in [3.8, 4) is 0 Å². The molecule has 4 heteroatoms. The number of hydrogen-bond donors (Lipinski definition) is 2. The van der Waals surface area contributed by atoms with E-state index in [0.29, 0.717) is 0 Å². The van der Waals surface area contributed by atoms with Crippen molar-refractivity contribution in [1.29, 1.82) is 0 Å². The minimum atomic E-state index is -0.546. The monoisotopic (exact) mass is 168 g/mol. The van der Waals surface area contributed by atoms with Crippen LogP contribution in [0, 0.1) is 0 Å². The van der Waals surface area contributed by atoms with Gasteiger partial charge in [0.2, 0.25) is 11.8 Å². The second-order valence-corrected chi connectivity index (χ2v) is 3.52. The molecule has 2 rings (SSSR count). The second kappa shape index (κ2) is 2.47. The first-order valence-corrected chi connectivity index (χ1v) is 4.32. The summed E-state index contributed by atoms with van der Waals surface area (Å²) >= 11 is 0. The standard InChI is InChI=1S/C8H12N2O2/c11-6-5-9-7(12)8(10-6)3-1-2-4-8/h1-5H2,(H,9,12)(H,10,11). The number of hydrogen-bond acceptors (Lipinski definition) is 2. The summed E-state index contributed by atoms with van der Waals surface area (Å²) in [4.78, 5) is 22.5. The SMILES string of the molecule is O=C1CNC(=O)C2(CCCC2)N1. The van der Waals surface area contributed by atoms with Crippen molar-refractivity contribution in [2.75, 3.05) is 6.54 Å². The van der Waals surface area contributed by atoms with E-state index in [9.17, 15) is 9.59 Å². The summed E-state index contributed by atoms with van der Waals surface area (Å²) in [6, 6.07) is 0. The maximum atomic E-state index is 11.4. The fourth-order valence-electron chi connectivity index (χ4n) is 2.03. The molecule has 1 saturated heterocycles. The Morgan fingerprint density at radius 3 is 2.50 bits per heavy atom. The Hall–Kier alpha value is -1.06. The van der Waals surface area contributed by atoms with Gasteiger partial charge in [0, 0.05) is 0 Å². The highest BCUT2D eigenvalue weighted by molar-refractivity contribution is 5.98. The largest absolute Gasteiger partial charge is 0.345 e. The first kappa shape index (κ1) is 7.58. The van der Waals surface area contributed by atoms with Crippen molar-refractivity contribution in [3.63, 3.8) is 0 Å². The van der Waals surface area contributed by atoms with Gasteiger partial charge >= 0.3 is 0 Å². The molecule has 1 saturated carbocycles. The molecule has 2 N–H and O–H groups in total. The highest BCUT2D eigenvalue weighted by atomic mass is 16.2. The molecule has 0 aromatic rings. The van der Waals surface area contributed by atoms with Crippen LogP contribution in [0.2, 0.25) is 0 Å². The molecule has 0 unspecified atom stereocenters. The Labute approximate surface area is 70.7 Å². The number of amides is 2. The summed E-state index contributed by atoms with van der Waals surface area (Å²) in [5, 5.41) is 5.40. The van der Waals surface area contributed by atoms with Crippen LogP contribution in [-0.4, -0.2) is 23.9 Å². The first-order chi connectivity index (χ1) is 5.73. The van der Waals surface area contributed by atoms with Gasteiger partial charge in [-0.15, -0.1) is 0 Å². The highest BCUT2D eigenvalue weighted by Gasteiger charge is 2.44. The van der Waals surface area contributed by atoms with Crippen LogP contribution in [-0.2, 0) is 9.59 Å². The number of nitrogens with one attached hydrogen (secondary N) is 2. The van der Waals surface area contributed by atoms with E-state index in [-0.39, 0.29) is 18.4 Å². The molecule has 0 aromatic carbocycles. The molecule has 0 aromatic heterocycles. The average Bonchev–Trinajstić information content (AvgIpc) is 2.48. The second-order valence-electron chi connectivity index (χ2n) is 3.52. The molecule has 1 heterocycles. The maximum absolute atomic E-state index is 11.4. The molecule has 2 aliphatic rings. The number of rotatable bonds is 0. The quantitative estimate of drug-likeness (QED) is 0.514. The van der Waals surface area contributed by atoms with Crippen LogP contribution >= 0.6 is 0 Å². The van der Waals surface area contributed by atoms with Gasteiger partial charge in [0.05, 0.1) is 6.54 Å². The van der Waals surface area contributed by atoms with E-state index in [1.807, 2.05) is 0 Å². The molecular weight excluding hydrogens is 156 g/mol. The predicted molar refractivity (Wildman–Crippen MR) is 42.4 cm³/mol. The van der Waals surface area contributed by atoms with Gasteiger partial charge in [0.1, 0.15) is 5.54 Å². The van der Waals surface area contributed by atoms with Crippen LogP contribution in [0.15, 0.2) is 0 Å². The van der Waals surface area contributed by atoms with E-state index in [0.717, 1.165) is 25.7 Å². The zero-order valence-corrected chi connectivity index (χ0v) is 6.85.